The number of benzene rings is 4. The van der Waals surface area contributed by atoms with E-state index in [1.54, 1.807) is 18.3 Å². The van der Waals surface area contributed by atoms with Crippen molar-refractivity contribution in [3.8, 4) is 56.3 Å². The number of aromatic nitrogens is 3. The van der Waals surface area contributed by atoms with E-state index in [1.165, 1.54) is 11.6 Å². The molecule has 1 fully saturated rings. The van der Waals surface area contributed by atoms with Crippen molar-refractivity contribution in [2.75, 3.05) is 0 Å². The molecule has 4 aromatic heterocycles. The van der Waals surface area contributed by atoms with Gasteiger partial charge in [0, 0.05) is 43.2 Å². The van der Waals surface area contributed by atoms with Gasteiger partial charge in [-0.3, -0.25) is 0 Å². The van der Waals surface area contributed by atoms with Crippen molar-refractivity contribution < 1.29 is 38.4 Å². The van der Waals surface area contributed by atoms with Gasteiger partial charge in [0.05, 0.1) is 5.58 Å². The summed E-state index contributed by atoms with van der Waals surface area (Å²) >= 11 is 0. The first-order valence-corrected chi connectivity index (χ1v) is 20.0. The molecule has 1 saturated carbocycles. The van der Waals surface area contributed by atoms with E-state index in [1.807, 2.05) is 86.8 Å². The normalized spacial score (nSPS) is 18.2. The Bertz CT molecular complexity index is 3070. The van der Waals surface area contributed by atoms with Gasteiger partial charge in [-0.25, -0.2) is 4.98 Å². The Morgan fingerprint density at radius 2 is 1.53 bits per heavy atom. The van der Waals surface area contributed by atoms with Crippen LogP contribution in [0.5, 0.6) is 11.5 Å². The minimum absolute atomic E-state index is 0. The number of nitrogens with zero attached hydrogens (tertiary/aromatic N) is 3. The number of hydrogen-bond donors (Lipinski definition) is 0. The first-order valence-electron chi connectivity index (χ1n) is 23.0. The summed E-state index contributed by atoms with van der Waals surface area (Å²) in [6, 6.07) is 35.4. The molecule has 0 amide bonds. The fourth-order valence-electron chi connectivity index (χ4n) is 8.75. The van der Waals surface area contributed by atoms with Gasteiger partial charge in [-0.15, -0.1) is 11.6 Å². The first kappa shape index (κ1) is 33.5. The van der Waals surface area contributed by atoms with Crippen LogP contribution in [0.3, 0.4) is 0 Å². The minimum atomic E-state index is -2.64. The standard InChI is InChI=1S/C53H49N3O2.Pt/c1-31-22-48(54-29-33(31)3)40-23-45(39-17-15-38(16-18-39)37-12-10-9-11-13-37)36(6)50(24-40)57-41-25-46-43-19-14-35(5)56-52(43)58-51(46)47(26-41)49-27-44(34(4)30-55-49)42-20-21-53(7,8)28-32(42)2;/h9-19,22-23,25,27,29-30,32,42H,20-21,28H2,1-8H3;/q-2;+2/i5D3,6D3;. The van der Waals surface area contributed by atoms with Crippen LogP contribution in [-0.2, 0) is 21.1 Å². The molecule has 0 bridgehead atoms. The van der Waals surface area contributed by atoms with Gasteiger partial charge in [-0.05, 0) is 121 Å². The molecule has 2 atom stereocenters. The summed E-state index contributed by atoms with van der Waals surface area (Å²) in [5, 5.41) is 1.14. The average Bonchev–Trinajstić information content (AvgIpc) is 3.62. The third kappa shape index (κ3) is 7.90. The van der Waals surface area contributed by atoms with E-state index in [0.717, 1.165) is 47.1 Å². The Labute approximate surface area is 371 Å². The quantitative estimate of drug-likeness (QED) is 0.149. The molecule has 298 valence electrons. The zero-order valence-electron chi connectivity index (χ0n) is 40.1. The van der Waals surface area contributed by atoms with Crippen LogP contribution in [-0.4, -0.2) is 15.0 Å². The smallest absolute Gasteiger partial charge is 0.496 e. The summed E-state index contributed by atoms with van der Waals surface area (Å²) in [5.74, 6) is 0.955. The molecular formula is C53H49N3O2Pt. The van der Waals surface area contributed by atoms with Crippen LogP contribution in [0.4, 0.5) is 0 Å². The zero-order valence-corrected chi connectivity index (χ0v) is 36.3. The molecule has 6 heteroatoms. The maximum Gasteiger partial charge on any atom is 2.00 e. The molecule has 1 aliphatic carbocycles. The van der Waals surface area contributed by atoms with Crippen LogP contribution in [0.1, 0.15) is 87.7 Å². The Hall–Kier alpha value is -5.38. The number of hydrogen-bond acceptors (Lipinski definition) is 5. The minimum Gasteiger partial charge on any atom is -0.496 e. The molecule has 0 spiro atoms. The predicted molar refractivity (Wildman–Crippen MR) is 236 cm³/mol. The fourth-order valence-corrected chi connectivity index (χ4v) is 8.75. The van der Waals surface area contributed by atoms with Gasteiger partial charge in [0.1, 0.15) is 0 Å². The predicted octanol–water partition coefficient (Wildman–Crippen LogP) is 14.3. The second kappa shape index (κ2) is 16.0. The van der Waals surface area contributed by atoms with E-state index in [-0.39, 0.29) is 55.0 Å². The van der Waals surface area contributed by atoms with Crippen LogP contribution >= 0.6 is 0 Å². The van der Waals surface area contributed by atoms with Crippen molar-refractivity contribution in [1.82, 2.24) is 15.0 Å². The molecular weight excluding hydrogens is 906 g/mol. The molecule has 0 radical (unpaired) electrons. The van der Waals surface area contributed by atoms with E-state index in [9.17, 15) is 0 Å². The summed E-state index contributed by atoms with van der Waals surface area (Å²) in [6.07, 6.45) is 6.94. The van der Waals surface area contributed by atoms with E-state index in [2.05, 4.69) is 50.9 Å². The SMILES string of the molecule is [2H]C([2H])([2H])c1ccc2c(n1)oc1c(-c3cc(C4CCC(C)(C)CC4C)c(C)cn3)[c-]c(Oc3[c-]c(-c4cc(C)c(C)cn4)cc(-c4ccc(-c5ccccc5)cc4)c3C([2H])([2H])[2H])cc12.[Pt+2]. The van der Waals surface area contributed by atoms with E-state index in [4.69, 9.17) is 27.3 Å². The van der Waals surface area contributed by atoms with E-state index in [0.29, 0.717) is 61.8 Å². The number of furan rings is 1. The fraction of sp³-hybridized carbons (Fsp3) is 0.264. The van der Waals surface area contributed by atoms with Crippen LogP contribution in [0.15, 0.2) is 108 Å². The van der Waals surface area contributed by atoms with E-state index >= 15 is 0 Å². The zero-order chi connectivity index (χ0) is 45.3. The van der Waals surface area contributed by atoms with Crippen molar-refractivity contribution >= 4 is 22.1 Å². The Morgan fingerprint density at radius 1 is 0.780 bits per heavy atom. The second-order valence-corrected chi connectivity index (χ2v) is 16.8. The van der Waals surface area contributed by atoms with Crippen molar-refractivity contribution in [2.24, 2.45) is 11.3 Å². The third-order valence-corrected chi connectivity index (χ3v) is 12.0. The summed E-state index contributed by atoms with van der Waals surface area (Å²) in [6.45, 7) is 8.00. The number of rotatable bonds is 7. The molecule has 59 heavy (non-hydrogen) atoms. The molecule has 0 N–H and O–H groups in total. The maximum atomic E-state index is 8.96. The number of aryl methyl sites for hydroxylation is 4. The third-order valence-electron chi connectivity index (χ3n) is 12.0. The van der Waals surface area contributed by atoms with Gasteiger partial charge in [-0.1, -0.05) is 140 Å². The van der Waals surface area contributed by atoms with Gasteiger partial charge in [0.2, 0.25) is 5.71 Å². The monoisotopic (exact) mass is 960 g/mol. The molecule has 1 aliphatic rings. The average molecular weight is 961 g/mol. The summed E-state index contributed by atoms with van der Waals surface area (Å²) in [7, 11) is 0. The second-order valence-electron chi connectivity index (χ2n) is 16.8. The van der Waals surface area contributed by atoms with Crippen molar-refractivity contribution in [1.29, 1.82) is 0 Å². The van der Waals surface area contributed by atoms with Crippen molar-refractivity contribution in [2.45, 2.75) is 80.4 Å². The number of fused-ring (bicyclic) bond motifs is 3. The van der Waals surface area contributed by atoms with Crippen LogP contribution in [0, 0.1) is 57.9 Å². The van der Waals surface area contributed by atoms with Gasteiger partial charge in [0.15, 0.2) is 0 Å². The Kier molecular flexibility index (Phi) is 9.07. The first-order chi connectivity index (χ1) is 30.3. The molecule has 8 aromatic rings. The molecule has 4 heterocycles. The van der Waals surface area contributed by atoms with Crippen LogP contribution in [0.2, 0.25) is 0 Å². The number of pyridine rings is 3. The molecule has 4 aromatic carbocycles. The summed E-state index contributed by atoms with van der Waals surface area (Å²) in [4.78, 5) is 14.1. The van der Waals surface area contributed by atoms with Gasteiger partial charge in [-0.2, -0.15) is 0 Å². The molecule has 9 rings (SSSR count). The van der Waals surface area contributed by atoms with E-state index < -0.39 is 13.7 Å². The van der Waals surface area contributed by atoms with Gasteiger partial charge in [0.25, 0.3) is 0 Å². The topological polar surface area (TPSA) is 61.0 Å². The Balaban J connectivity index is 0.00000576. The van der Waals surface area contributed by atoms with Crippen molar-refractivity contribution in [3.05, 3.63) is 149 Å². The summed E-state index contributed by atoms with van der Waals surface area (Å²) < 4.78 is 64.2. The van der Waals surface area contributed by atoms with Gasteiger partial charge >= 0.3 is 21.1 Å². The van der Waals surface area contributed by atoms with Crippen molar-refractivity contribution in [3.63, 3.8) is 0 Å². The van der Waals surface area contributed by atoms with Crippen LogP contribution < -0.4 is 4.74 Å². The number of ether oxygens (including phenoxy) is 1. The largest absolute Gasteiger partial charge is 2.00 e. The molecule has 0 aliphatic heterocycles. The molecule has 5 nitrogen and oxygen atoms in total. The Morgan fingerprint density at radius 3 is 2.27 bits per heavy atom. The molecule has 2 unspecified atom stereocenters. The maximum absolute atomic E-state index is 8.96. The molecule has 0 saturated heterocycles. The van der Waals surface area contributed by atoms with Crippen LogP contribution in [0.25, 0.3) is 66.8 Å². The van der Waals surface area contributed by atoms with Gasteiger partial charge < -0.3 is 19.1 Å². The summed E-state index contributed by atoms with van der Waals surface area (Å²) in [5.41, 5.74) is 10.5.